The van der Waals surface area contributed by atoms with Crippen molar-refractivity contribution in [3.05, 3.63) is 52.7 Å². The number of oxazole rings is 1. The van der Waals surface area contributed by atoms with Crippen molar-refractivity contribution in [1.29, 1.82) is 0 Å². The van der Waals surface area contributed by atoms with Crippen LogP contribution in [0.2, 0.25) is 5.02 Å². The van der Waals surface area contributed by atoms with Gasteiger partial charge in [-0.25, -0.2) is 4.98 Å². The van der Waals surface area contributed by atoms with Gasteiger partial charge in [-0.15, -0.1) is 0 Å². The second-order valence-electron chi connectivity index (χ2n) is 7.61. The monoisotopic (exact) mass is 376 g/mol. The highest BCUT2D eigenvalue weighted by Gasteiger charge is 2.24. The van der Waals surface area contributed by atoms with Crippen molar-refractivity contribution >= 4 is 17.5 Å². The van der Waals surface area contributed by atoms with Gasteiger partial charge in [-0.2, -0.15) is 0 Å². The normalized spacial score (nSPS) is 15.8. The molecule has 1 saturated heterocycles. The molecule has 26 heavy (non-hydrogen) atoms. The summed E-state index contributed by atoms with van der Waals surface area (Å²) in [4.78, 5) is 16.8. The van der Waals surface area contributed by atoms with E-state index in [2.05, 4.69) is 24.1 Å². The first-order valence-electron chi connectivity index (χ1n) is 8.99. The summed E-state index contributed by atoms with van der Waals surface area (Å²) in [5.74, 6) is 0.674. The van der Waals surface area contributed by atoms with Crippen molar-refractivity contribution < 1.29 is 13.9 Å². The topological polar surface area (TPSA) is 64.4 Å². The zero-order valence-corrected chi connectivity index (χ0v) is 16.0. The lowest BCUT2D eigenvalue weighted by Crippen LogP contribution is -2.35. The lowest BCUT2D eigenvalue weighted by molar-refractivity contribution is 0.0794. The molecule has 1 aromatic heterocycles. The Kier molecular flexibility index (Phi) is 5.99. The SMILES string of the molecule is CC(C)(CNC(=O)c1coc(C2CCOCC2)n1)Cc1cccc(Cl)c1. The third-order valence-corrected chi connectivity index (χ3v) is 4.86. The highest BCUT2D eigenvalue weighted by molar-refractivity contribution is 6.30. The van der Waals surface area contributed by atoms with Crippen molar-refractivity contribution in [3.63, 3.8) is 0 Å². The lowest BCUT2D eigenvalue weighted by Gasteiger charge is -2.25. The fraction of sp³-hybridized carbons (Fsp3) is 0.500. The van der Waals surface area contributed by atoms with E-state index in [4.69, 9.17) is 20.8 Å². The largest absolute Gasteiger partial charge is 0.448 e. The first kappa shape index (κ1) is 18.9. The molecule has 6 heteroatoms. The van der Waals surface area contributed by atoms with Gasteiger partial charge in [0.25, 0.3) is 5.91 Å². The molecule has 0 bridgehead atoms. The number of ether oxygens (including phenoxy) is 1. The number of aromatic nitrogens is 1. The minimum Gasteiger partial charge on any atom is -0.448 e. The fourth-order valence-electron chi connectivity index (χ4n) is 3.20. The molecule has 2 aromatic rings. The van der Waals surface area contributed by atoms with Gasteiger partial charge in [0.2, 0.25) is 0 Å². The van der Waals surface area contributed by atoms with Crippen LogP contribution in [0.1, 0.15) is 54.5 Å². The molecule has 0 atom stereocenters. The van der Waals surface area contributed by atoms with Crippen molar-refractivity contribution in [2.75, 3.05) is 19.8 Å². The molecule has 1 aliphatic heterocycles. The van der Waals surface area contributed by atoms with E-state index in [1.165, 1.54) is 6.26 Å². The van der Waals surface area contributed by atoms with Crippen LogP contribution < -0.4 is 5.32 Å². The van der Waals surface area contributed by atoms with Gasteiger partial charge in [0.05, 0.1) is 0 Å². The second-order valence-corrected chi connectivity index (χ2v) is 8.05. The number of nitrogens with one attached hydrogen (secondary N) is 1. The summed E-state index contributed by atoms with van der Waals surface area (Å²) < 4.78 is 10.9. The van der Waals surface area contributed by atoms with E-state index in [0.29, 0.717) is 31.3 Å². The quantitative estimate of drug-likeness (QED) is 0.819. The van der Waals surface area contributed by atoms with E-state index in [0.717, 1.165) is 29.8 Å². The number of hydrogen-bond donors (Lipinski definition) is 1. The molecule has 3 rings (SSSR count). The minimum atomic E-state index is -0.203. The van der Waals surface area contributed by atoms with E-state index in [1.807, 2.05) is 24.3 Å². The van der Waals surface area contributed by atoms with Gasteiger partial charge in [0.15, 0.2) is 11.6 Å². The summed E-state index contributed by atoms with van der Waals surface area (Å²) in [6, 6.07) is 7.82. The molecule has 0 unspecified atom stereocenters. The van der Waals surface area contributed by atoms with Gasteiger partial charge >= 0.3 is 0 Å². The number of hydrogen-bond acceptors (Lipinski definition) is 4. The van der Waals surface area contributed by atoms with Crippen LogP contribution in [0, 0.1) is 5.41 Å². The van der Waals surface area contributed by atoms with Gasteiger partial charge < -0.3 is 14.5 Å². The summed E-state index contributed by atoms with van der Waals surface area (Å²) in [6.45, 7) is 6.20. The smallest absolute Gasteiger partial charge is 0.273 e. The van der Waals surface area contributed by atoms with Crippen molar-refractivity contribution in [3.8, 4) is 0 Å². The van der Waals surface area contributed by atoms with Gasteiger partial charge in [-0.1, -0.05) is 37.6 Å². The molecular weight excluding hydrogens is 352 g/mol. The molecule has 2 heterocycles. The Morgan fingerprint density at radius 2 is 2.12 bits per heavy atom. The van der Waals surface area contributed by atoms with Crippen LogP contribution in [-0.4, -0.2) is 30.6 Å². The summed E-state index contributed by atoms with van der Waals surface area (Å²) in [6.07, 6.45) is 4.03. The predicted octanol–water partition coefficient (Wildman–Crippen LogP) is 4.22. The van der Waals surface area contributed by atoms with Crippen LogP contribution in [0.4, 0.5) is 0 Å². The number of nitrogens with zero attached hydrogens (tertiary/aromatic N) is 1. The van der Waals surface area contributed by atoms with Crippen LogP contribution in [-0.2, 0) is 11.2 Å². The van der Waals surface area contributed by atoms with E-state index in [-0.39, 0.29) is 17.2 Å². The third kappa shape index (κ3) is 5.08. The number of rotatable bonds is 6. The Balaban J connectivity index is 1.55. The van der Waals surface area contributed by atoms with Crippen LogP contribution in [0.15, 0.2) is 34.9 Å². The summed E-state index contributed by atoms with van der Waals surface area (Å²) in [5, 5.41) is 3.70. The van der Waals surface area contributed by atoms with Crippen LogP contribution in [0.25, 0.3) is 0 Å². The Morgan fingerprint density at radius 1 is 1.35 bits per heavy atom. The van der Waals surface area contributed by atoms with Crippen molar-refractivity contribution in [2.24, 2.45) is 5.41 Å². The molecule has 5 nitrogen and oxygen atoms in total. The van der Waals surface area contributed by atoms with E-state index < -0.39 is 0 Å². The van der Waals surface area contributed by atoms with E-state index >= 15 is 0 Å². The van der Waals surface area contributed by atoms with Gasteiger partial charge in [0, 0.05) is 30.7 Å². The maximum atomic E-state index is 12.4. The zero-order chi connectivity index (χ0) is 18.6. The number of benzene rings is 1. The first-order valence-corrected chi connectivity index (χ1v) is 9.36. The van der Waals surface area contributed by atoms with Crippen LogP contribution >= 0.6 is 11.6 Å². The molecule has 0 saturated carbocycles. The molecule has 140 valence electrons. The molecule has 1 fully saturated rings. The van der Waals surface area contributed by atoms with Gasteiger partial charge in [0.1, 0.15) is 6.26 Å². The number of carbonyl (C=O) groups is 1. The van der Waals surface area contributed by atoms with E-state index in [1.54, 1.807) is 0 Å². The Morgan fingerprint density at radius 3 is 2.85 bits per heavy atom. The Hall–Kier alpha value is -1.85. The molecule has 1 aliphatic rings. The fourth-order valence-corrected chi connectivity index (χ4v) is 3.41. The average Bonchev–Trinajstić information content (AvgIpc) is 3.10. The Labute approximate surface area is 159 Å². The van der Waals surface area contributed by atoms with Crippen LogP contribution in [0.5, 0.6) is 0 Å². The molecule has 0 aliphatic carbocycles. The lowest BCUT2D eigenvalue weighted by atomic mass is 9.85. The number of carbonyl (C=O) groups excluding carboxylic acids is 1. The average molecular weight is 377 g/mol. The Bertz CT molecular complexity index is 751. The summed E-state index contributed by atoms with van der Waals surface area (Å²) >= 11 is 6.05. The highest BCUT2D eigenvalue weighted by Crippen LogP contribution is 2.26. The summed E-state index contributed by atoms with van der Waals surface area (Å²) in [7, 11) is 0. The second kappa shape index (κ2) is 8.23. The van der Waals surface area contributed by atoms with Gasteiger partial charge in [-0.05, 0) is 42.4 Å². The first-order chi connectivity index (χ1) is 12.4. The van der Waals surface area contributed by atoms with Crippen molar-refractivity contribution in [1.82, 2.24) is 10.3 Å². The molecule has 0 spiro atoms. The molecule has 1 amide bonds. The standard InChI is InChI=1S/C20H25ClN2O3/c1-20(2,11-14-4-3-5-16(21)10-14)13-22-18(24)17-12-26-19(23-17)15-6-8-25-9-7-15/h3-5,10,12,15H,6-9,11,13H2,1-2H3,(H,22,24). The zero-order valence-electron chi connectivity index (χ0n) is 15.3. The van der Waals surface area contributed by atoms with E-state index in [9.17, 15) is 4.79 Å². The van der Waals surface area contributed by atoms with Gasteiger partial charge in [-0.3, -0.25) is 4.79 Å². The molecule has 0 radical (unpaired) electrons. The minimum absolute atomic E-state index is 0.104. The molecule has 1 aromatic carbocycles. The molecule has 1 N–H and O–H groups in total. The molecular formula is C20H25ClN2O3. The summed E-state index contributed by atoms with van der Waals surface area (Å²) in [5.41, 5.74) is 1.39. The maximum absolute atomic E-state index is 12.4. The number of halogens is 1. The third-order valence-electron chi connectivity index (χ3n) is 4.62. The predicted molar refractivity (Wildman–Crippen MR) is 101 cm³/mol. The maximum Gasteiger partial charge on any atom is 0.273 e. The van der Waals surface area contributed by atoms with Crippen LogP contribution in [0.3, 0.4) is 0 Å². The highest BCUT2D eigenvalue weighted by atomic mass is 35.5. The number of amides is 1. The van der Waals surface area contributed by atoms with Crippen molar-refractivity contribution in [2.45, 2.75) is 39.0 Å².